The molecule has 8 rings (SSSR count). The zero-order valence-electron chi connectivity index (χ0n) is 55.1. The minimum atomic E-state index is -2.05. The fourth-order valence-electron chi connectivity index (χ4n) is 8.38. The van der Waals surface area contributed by atoms with Gasteiger partial charge in [-0.25, -0.2) is 24.9 Å². The summed E-state index contributed by atoms with van der Waals surface area (Å²) in [5, 5.41) is 0.875. The number of aromatic nitrogens is 16. The normalized spacial score (nSPS) is 10.9. The summed E-state index contributed by atoms with van der Waals surface area (Å²) in [6, 6.07) is 0. The van der Waals surface area contributed by atoms with E-state index in [1.807, 2.05) is 4.57 Å². The maximum absolute atomic E-state index is 12.0. The summed E-state index contributed by atoms with van der Waals surface area (Å²) in [4.78, 5) is 154. The van der Waals surface area contributed by atoms with Gasteiger partial charge in [0.05, 0.1) is 92.0 Å². The number of carbonyl (C=O) groups is 9. The van der Waals surface area contributed by atoms with Crippen molar-refractivity contribution in [3.63, 3.8) is 0 Å². The maximum atomic E-state index is 12.0. The van der Waals surface area contributed by atoms with Crippen molar-refractivity contribution in [3.8, 4) is 0 Å². The maximum Gasteiger partial charge on any atom is 0.335 e. The topological polar surface area (TPSA) is 526 Å². The van der Waals surface area contributed by atoms with Gasteiger partial charge >= 0.3 is 53.7 Å². The Morgan fingerprint density at radius 2 is 0.889 bits per heavy atom. The van der Waals surface area contributed by atoms with Crippen molar-refractivity contribution in [1.82, 2.24) is 78.5 Å². The molecule has 38 nitrogen and oxygen atoms in total. The van der Waals surface area contributed by atoms with E-state index in [1.165, 1.54) is 54.6 Å². The summed E-state index contributed by atoms with van der Waals surface area (Å²) < 4.78 is 49.0. The van der Waals surface area contributed by atoms with Gasteiger partial charge in [0.1, 0.15) is 22.1 Å². The molecule has 0 bridgehead atoms. The van der Waals surface area contributed by atoms with Gasteiger partial charge in [0, 0.05) is 64.5 Å². The molecule has 0 aliphatic rings. The smallest absolute Gasteiger partial charge is 0.335 e. The molecule has 0 unspecified atom stereocenters. The molecule has 0 radical (unpaired) electrons. The van der Waals surface area contributed by atoms with E-state index in [0.29, 0.717) is 75.7 Å². The van der Waals surface area contributed by atoms with E-state index in [4.69, 9.17) is 90.9 Å². The van der Waals surface area contributed by atoms with Gasteiger partial charge in [-0.3, -0.25) is 43.2 Å². The molecule has 0 saturated heterocycles. The van der Waals surface area contributed by atoms with Crippen molar-refractivity contribution in [1.29, 1.82) is 0 Å². The number of anilines is 4. The lowest BCUT2D eigenvalue weighted by atomic mass is 9.85. The number of nitrogens with zero attached hydrogens (tertiary/aromatic N) is 15. The number of fused-ring (bicyclic) bond motifs is 4. The van der Waals surface area contributed by atoms with E-state index in [2.05, 4.69) is 90.2 Å². The van der Waals surface area contributed by atoms with Gasteiger partial charge in [0.15, 0.2) is 44.0 Å². The predicted molar refractivity (Wildman–Crippen MR) is 356 cm³/mol. The van der Waals surface area contributed by atoms with Gasteiger partial charge in [0.2, 0.25) is 23.8 Å². The second-order valence-electron chi connectivity index (χ2n) is 20.2. The Labute approximate surface area is 587 Å². The summed E-state index contributed by atoms with van der Waals surface area (Å²) >= 11 is 20.7. The number of rotatable bonds is 27. The minimum Gasteiger partial charge on any atom is -0.468 e. The van der Waals surface area contributed by atoms with E-state index in [1.54, 1.807) is 48.8 Å². The molecule has 0 spiro atoms. The zero-order valence-corrected chi connectivity index (χ0v) is 59.0. The molecule has 42 heteroatoms. The number of esters is 9. The van der Waals surface area contributed by atoms with Crippen LogP contribution >= 0.6 is 50.7 Å². The van der Waals surface area contributed by atoms with Crippen LogP contribution in [0.3, 0.4) is 0 Å². The van der Waals surface area contributed by atoms with Gasteiger partial charge in [-0.1, -0.05) is 50.7 Å². The SMILES string of the molecule is CC(=O)OCC(CCn1cnc2c(Cl)nc(N)nc21)COC(C)=O.CC(=O)OCC(CCn1cnc2cnc(N)nc21)COC(C)=O.CCOC(=O)C(CCBr)(C(=O)OCC)C(=O)OCC.COC(=O)C(CCn1cnc2c(Cl)nc(N)nc21)C(=O)OC.Nc1nc(Cl)c2[nH]cnc2n1. The zero-order chi connectivity index (χ0) is 73.5. The van der Waals surface area contributed by atoms with Gasteiger partial charge in [-0.2, -0.15) is 34.9 Å². The first-order valence-corrected chi connectivity index (χ1v) is 31.9. The van der Waals surface area contributed by atoms with E-state index < -0.39 is 41.2 Å². The number of nitrogens with two attached hydrogens (primary N) is 4. The van der Waals surface area contributed by atoms with Crippen LogP contribution in [0.2, 0.25) is 15.5 Å². The molecule has 538 valence electrons. The van der Waals surface area contributed by atoms with Gasteiger partial charge in [-0.05, 0) is 46.5 Å². The van der Waals surface area contributed by atoms with Crippen molar-refractivity contribution >= 4 is 173 Å². The number of carbonyl (C=O) groups excluding carboxylic acids is 9. The van der Waals surface area contributed by atoms with Crippen LogP contribution in [0.5, 0.6) is 0 Å². The molecule has 0 aliphatic carbocycles. The second-order valence-corrected chi connectivity index (χ2v) is 22.1. The average Bonchev–Trinajstić information content (AvgIpc) is 1.82. The minimum absolute atomic E-state index is 0.0109. The highest BCUT2D eigenvalue weighted by molar-refractivity contribution is 9.09. The Morgan fingerprint density at radius 1 is 0.505 bits per heavy atom. The molecule has 0 amide bonds. The Hall–Kier alpha value is -10.0. The molecule has 0 aliphatic heterocycles. The average molecular weight is 1510 g/mol. The van der Waals surface area contributed by atoms with Crippen LogP contribution in [-0.4, -0.2) is 198 Å². The van der Waals surface area contributed by atoms with Crippen LogP contribution in [-0.2, 0) is 105 Å². The first-order valence-electron chi connectivity index (χ1n) is 29.7. The first kappa shape index (κ1) is 81.4. The molecule has 9 N–H and O–H groups in total. The first-order chi connectivity index (χ1) is 47.1. The number of hydrogen-bond acceptors (Lipinski definition) is 34. The summed E-state index contributed by atoms with van der Waals surface area (Å²) in [7, 11) is 2.41. The summed E-state index contributed by atoms with van der Waals surface area (Å²) in [6.45, 7) is 12.3. The number of nitrogen functional groups attached to an aromatic ring is 4. The number of nitrogens with one attached hydrogen (secondary N) is 1. The van der Waals surface area contributed by atoms with Gasteiger partial charge < -0.3 is 84.3 Å². The van der Waals surface area contributed by atoms with E-state index in [0.717, 1.165) is 0 Å². The quantitative estimate of drug-likeness (QED) is 0.0158. The molecule has 8 heterocycles. The molecule has 8 aromatic heterocycles. The van der Waals surface area contributed by atoms with Crippen molar-refractivity contribution in [2.45, 2.75) is 93.8 Å². The fraction of sp³-hybridized carbons (Fsp3) is 0.491. The number of imidazole rings is 4. The standard InChI is InChI=1S/C14H18ClN5O4.C14H19N5O4.C12H19BrO6.C12H14ClN5O4.C5H4ClN5/c1-8(21)23-5-10(6-24-9(2)22)3-4-20-7-17-11-12(15)18-14(16)19-13(11)20;1-9(20)22-6-11(7-23-10(2)21)3-4-19-8-17-12-5-16-14(15)18-13(12)19;1-4-17-9(14)12(7-8-13,10(15)18-5-2)11(16)19-6-3;1-21-10(19)6(11(20)22-2)3-4-18-5-15-7-8(13)16-12(14)17-9(7)18;6-3-2-4(9-1-8-2)11-5(7)10-3/h7,10H,3-6H2,1-2H3,(H2,16,18,19);5,8,11H,3-4,6-7H2,1-2H3,(H2,15,16,18);4-8H2,1-3H3;5-6H,3-4H2,1-2H3,(H2,14,16,17);1H,(H3,7,8,9,10,11). The van der Waals surface area contributed by atoms with E-state index >= 15 is 0 Å². The largest absolute Gasteiger partial charge is 0.468 e. The van der Waals surface area contributed by atoms with Gasteiger partial charge in [-0.15, -0.1) is 0 Å². The summed E-state index contributed by atoms with van der Waals surface area (Å²) in [5.41, 5.74) is 24.2. The van der Waals surface area contributed by atoms with E-state index in [-0.39, 0.29) is 141 Å². The number of aryl methyl sites for hydroxylation is 3. The Bertz CT molecular complexity index is 3970. The third-order valence-corrected chi connectivity index (χ3v) is 14.3. The molecule has 0 saturated carbocycles. The highest BCUT2D eigenvalue weighted by atomic mass is 79.9. The Morgan fingerprint density at radius 3 is 1.29 bits per heavy atom. The van der Waals surface area contributed by atoms with E-state index in [9.17, 15) is 43.2 Å². The highest BCUT2D eigenvalue weighted by Crippen LogP contribution is 2.30. The molecule has 0 aromatic carbocycles. The monoisotopic (exact) mass is 1510 g/mol. The third-order valence-electron chi connectivity index (χ3n) is 13.1. The van der Waals surface area contributed by atoms with Crippen molar-refractivity contribution in [2.75, 3.05) is 88.7 Å². The number of halogens is 4. The predicted octanol–water partition coefficient (Wildman–Crippen LogP) is 4.19. The Kier molecular flexibility index (Phi) is 33.4. The van der Waals surface area contributed by atoms with Crippen LogP contribution in [0.25, 0.3) is 44.7 Å². The van der Waals surface area contributed by atoms with Crippen molar-refractivity contribution < 1.29 is 85.8 Å². The van der Waals surface area contributed by atoms with Crippen LogP contribution in [0.1, 0.15) is 74.1 Å². The number of methoxy groups -OCH3 is 2. The summed E-state index contributed by atoms with van der Waals surface area (Å²) in [6.07, 6.45) is 9.04. The van der Waals surface area contributed by atoms with Crippen molar-refractivity contribution in [3.05, 3.63) is 47.0 Å². The third kappa shape index (κ3) is 24.8. The molecule has 8 aromatic rings. The van der Waals surface area contributed by atoms with Crippen molar-refractivity contribution in [2.24, 2.45) is 23.2 Å². The lowest BCUT2D eigenvalue weighted by Crippen LogP contribution is -2.49. The number of hydrogen-bond donors (Lipinski definition) is 5. The summed E-state index contributed by atoms with van der Waals surface area (Å²) in [5.74, 6) is -6.56. The molecular formula is C57H74BrCl3N20O18. The highest BCUT2D eigenvalue weighted by Gasteiger charge is 2.56. The number of ether oxygens (including phenoxy) is 9. The number of H-pyrrole nitrogens is 1. The molecule has 0 atom stereocenters. The fourth-order valence-corrected chi connectivity index (χ4v) is 9.64. The molecular weight excluding hydrogens is 1440 g/mol. The van der Waals surface area contributed by atoms with Crippen LogP contribution < -0.4 is 22.9 Å². The van der Waals surface area contributed by atoms with Crippen LogP contribution in [0.4, 0.5) is 23.8 Å². The molecule has 0 fully saturated rings. The molecule has 99 heavy (non-hydrogen) atoms. The van der Waals surface area contributed by atoms with Gasteiger partial charge in [0.25, 0.3) is 5.41 Å². The number of alkyl halides is 1. The Balaban J connectivity index is 0.000000267. The number of aromatic amines is 1. The second kappa shape index (κ2) is 40.6. The lowest BCUT2D eigenvalue weighted by molar-refractivity contribution is -0.184. The van der Waals surface area contributed by atoms with Crippen LogP contribution in [0, 0.1) is 23.2 Å². The van der Waals surface area contributed by atoms with Crippen LogP contribution in [0.15, 0.2) is 31.5 Å². The lowest BCUT2D eigenvalue weighted by Gasteiger charge is -2.26.